The van der Waals surface area contributed by atoms with Gasteiger partial charge in [-0.1, -0.05) is 136 Å². The molecule has 194 valence electrons. The van der Waals surface area contributed by atoms with Gasteiger partial charge in [0, 0.05) is 0 Å². The molecule has 0 amide bonds. The van der Waals surface area contributed by atoms with Crippen LogP contribution in [0.4, 0.5) is 0 Å². The molecule has 0 aromatic heterocycles. The fourth-order valence-electron chi connectivity index (χ4n) is 3.82. The number of rotatable bonds is 27. The maximum Gasteiger partial charge on any atom is 0.327 e. The molecule has 0 fully saturated rings. The fourth-order valence-corrected chi connectivity index (χ4v) is 5.77. The van der Waals surface area contributed by atoms with Crippen molar-refractivity contribution in [1.29, 1.82) is 0 Å². The minimum atomic E-state index is -2.58. The highest BCUT2D eigenvalue weighted by Gasteiger charge is 2.20. The first-order valence-electron chi connectivity index (χ1n) is 14.2. The van der Waals surface area contributed by atoms with Gasteiger partial charge in [0.15, 0.2) is 0 Å². The van der Waals surface area contributed by atoms with Gasteiger partial charge in [0.25, 0.3) is 0 Å². The topological polar surface area (TPSA) is 27.7 Å². The third-order valence-corrected chi connectivity index (χ3v) is 8.44. The minimum Gasteiger partial charge on any atom is -0.309 e. The molecule has 0 spiro atoms. The van der Waals surface area contributed by atoms with Gasteiger partial charge in [-0.25, -0.2) is 0 Å². The Balaban J connectivity index is 4.06. The lowest BCUT2D eigenvalue weighted by Crippen LogP contribution is -2.04. The van der Waals surface area contributed by atoms with E-state index >= 15 is 0 Å². The summed E-state index contributed by atoms with van der Waals surface area (Å²) in [6.45, 7) is 6.24. The Kier molecular flexibility index (Phi) is 26.6. The summed E-state index contributed by atoms with van der Waals surface area (Å²) in [7, 11) is 0. The third-order valence-electron chi connectivity index (χ3n) is 5.99. The van der Waals surface area contributed by atoms with E-state index < -0.39 is 6.72 Å². The Labute approximate surface area is 207 Å². The van der Waals surface area contributed by atoms with Gasteiger partial charge in [-0.05, 0) is 31.1 Å². The van der Waals surface area contributed by atoms with E-state index in [0.717, 1.165) is 19.3 Å². The maximum absolute atomic E-state index is 6.06. The first kappa shape index (κ1) is 32.5. The monoisotopic (exact) mass is 492 g/mol. The first-order chi connectivity index (χ1) is 15.7. The lowest BCUT2D eigenvalue weighted by Gasteiger charge is -2.22. The van der Waals surface area contributed by atoms with Gasteiger partial charge in [0.1, 0.15) is 0 Å². The first-order valence-corrected chi connectivity index (χ1v) is 16.8. The summed E-state index contributed by atoms with van der Waals surface area (Å²) in [6, 6.07) is 0. The van der Waals surface area contributed by atoms with Crippen LogP contribution in [0.1, 0.15) is 156 Å². The zero-order chi connectivity index (χ0) is 23.6. The molecule has 0 aliphatic rings. The highest BCUT2D eigenvalue weighted by molar-refractivity contribution is 8.07. The van der Waals surface area contributed by atoms with Crippen LogP contribution in [0.3, 0.4) is 0 Å². The van der Waals surface area contributed by atoms with E-state index in [9.17, 15) is 0 Å². The number of hydrogen-bond donors (Lipinski definition) is 0. The standard InChI is InChI=1S/C27H57O3PS/c1-4-7-10-13-16-19-22-25-28-31(32,29-26-23-20-17-14-11-8-5-2)30-27-24-21-18-15-12-9-6-3/h4-27H2,1-3H3. The van der Waals surface area contributed by atoms with Crippen LogP contribution in [0.15, 0.2) is 0 Å². The lowest BCUT2D eigenvalue weighted by atomic mass is 10.1. The van der Waals surface area contributed by atoms with Crippen LogP contribution in [0, 0.1) is 0 Å². The smallest absolute Gasteiger partial charge is 0.309 e. The van der Waals surface area contributed by atoms with Gasteiger partial charge in [0.05, 0.1) is 19.8 Å². The molecule has 0 aromatic rings. The molecule has 0 atom stereocenters. The molecule has 0 aliphatic heterocycles. The molecule has 0 aromatic carbocycles. The van der Waals surface area contributed by atoms with Crippen molar-refractivity contribution in [2.75, 3.05) is 19.8 Å². The van der Waals surface area contributed by atoms with Crippen LogP contribution < -0.4 is 0 Å². The highest BCUT2D eigenvalue weighted by atomic mass is 32.5. The van der Waals surface area contributed by atoms with Crippen LogP contribution in [0.2, 0.25) is 0 Å². The molecule has 0 bridgehead atoms. The van der Waals surface area contributed by atoms with Crippen molar-refractivity contribution < 1.29 is 13.6 Å². The predicted molar refractivity (Wildman–Crippen MR) is 146 cm³/mol. The highest BCUT2D eigenvalue weighted by Crippen LogP contribution is 2.50. The summed E-state index contributed by atoms with van der Waals surface area (Å²) in [6.07, 6.45) is 26.8. The summed E-state index contributed by atoms with van der Waals surface area (Å²) in [5.74, 6) is 0. The quantitative estimate of drug-likeness (QED) is 0.0841. The van der Waals surface area contributed by atoms with E-state index in [1.54, 1.807) is 0 Å². The molecule has 5 heteroatoms. The zero-order valence-corrected chi connectivity index (χ0v) is 23.8. The predicted octanol–water partition coefficient (Wildman–Crippen LogP) is 10.5. The second-order valence-corrected chi connectivity index (χ2v) is 12.3. The van der Waals surface area contributed by atoms with Gasteiger partial charge in [-0.3, -0.25) is 0 Å². The van der Waals surface area contributed by atoms with Gasteiger partial charge in [0.2, 0.25) is 0 Å². The normalized spacial score (nSPS) is 12.0. The summed E-state index contributed by atoms with van der Waals surface area (Å²) in [5.41, 5.74) is 0. The van der Waals surface area contributed by atoms with Crippen LogP contribution in [-0.2, 0) is 25.4 Å². The van der Waals surface area contributed by atoms with Crippen LogP contribution in [0.5, 0.6) is 0 Å². The van der Waals surface area contributed by atoms with Gasteiger partial charge in [-0.15, -0.1) is 0 Å². The van der Waals surface area contributed by atoms with E-state index in [1.165, 1.54) is 116 Å². The number of hydrogen-bond acceptors (Lipinski definition) is 4. The summed E-state index contributed by atoms with van der Waals surface area (Å²) in [5, 5.41) is 0. The van der Waals surface area contributed by atoms with Crippen molar-refractivity contribution in [3.8, 4) is 0 Å². The molecular formula is C27H57O3PS. The Morgan fingerprint density at radius 2 is 0.594 bits per heavy atom. The van der Waals surface area contributed by atoms with Gasteiger partial charge in [-0.2, -0.15) is 0 Å². The molecular weight excluding hydrogens is 435 g/mol. The van der Waals surface area contributed by atoms with Crippen molar-refractivity contribution in [3.63, 3.8) is 0 Å². The summed E-state index contributed by atoms with van der Waals surface area (Å²) < 4.78 is 18.2. The molecule has 32 heavy (non-hydrogen) atoms. The van der Waals surface area contributed by atoms with E-state index in [2.05, 4.69) is 20.8 Å². The van der Waals surface area contributed by atoms with Gasteiger partial charge >= 0.3 is 6.72 Å². The second kappa shape index (κ2) is 26.1. The Bertz CT molecular complexity index is 349. The van der Waals surface area contributed by atoms with Crippen molar-refractivity contribution in [2.45, 2.75) is 156 Å². The SMILES string of the molecule is CCCCCCCCCOP(=S)(OCCCCCCCCC)OCCCCCCCCC. The molecule has 0 saturated heterocycles. The van der Waals surface area contributed by atoms with E-state index in [1.807, 2.05) is 0 Å². The molecule has 0 radical (unpaired) electrons. The fraction of sp³-hybridized carbons (Fsp3) is 1.00. The Morgan fingerprint density at radius 1 is 0.375 bits per heavy atom. The van der Waals surface area contributed by atoms with Crippen molar-refractivity contribution in [1.82, 2.24) is 0 Å². The van der Waals surface area contributed by atoms with E-state index in [4.69, 9.17) is 25.4 Å². The molecule has 3 nitrogen and oxygen atoms in total. The van der Waals surface area contributed by atoms with Crippen LogP contribution in [-0.4, -0.2) is 19.8 Å². The lowest BCUT2D eigenvalue weighted by molar-refractivity contribution is 0.150. The Morgan fingerprint density at radius 3 is 0.844 bits per heavy atom. The van der Waals surface area contributed by atoms with Crippen molar-refractivity contribution in [2.24, 2.45) is 0 Å². The number of unbranched alkanes of at least 4 members (excludes halogenated alkanes) is 18. The third kappa shape index (κ3) is 23.7. The largest absolute Gasteiger partial charge is 0.327 e. The molecule has 0 N–H and O–H groups in total. The summed E-state index contributed by atoms with van der Waals surface area (Å²) >= 11 is 5.75. The molecule has 0 rings (SSSR count). The average molecular weight is 493 g/mol. The Hall–Kier alpha value is 0.530. The second-order valence-electron chi connectivity index (χ2n) is 9.31. The van der Waals surface area contributed by atoms with Gasteiger partial charge < -0.3 is 13.6 Å². The van der Waals surface area contributed by atoms with E-state index in [-0.39, 0.29) is 0 Å². The average Bonchev–Trinajstić information content (AvgIpc) is 2.79. The van der Waals surface area contributed by atoms with Crippen molar-refractivity contribution in [3.05, 3.63) is 0 Å². The molecule has 0 unspecified atom stereocenters. The molecule has 0 saturated carbocycles. The summed E-state index contributed by atoms with van der Waals surface area (Å²) in [4.78, 5) is 0. The minimum absolute atomic E-state index is 0.680. The van der Waals surface area contributed by atoms with Crippen molar-refractivity contribution >= 4 is 18.5 Å². The van der Waals surface area contributed by atoms with Crippen LogP contribution >= 0.6 is 6.72 Å². The molecule has 0 aliphatic carbocycles. The van der Waals surface area contributed by atoms with E-state index in [0.29, 0.717) is 19.8 Å². The maximum atomic E-state index is 6.06. The molecule has 0 heterocycles. The van der Waals surface area contributed by atoms with Crippen LogP contribution in [0.25, 0.3) is 0 Å². The zero-order valence-electron chi connectivity index (χ0n) is 22.1.